The number of aryl methyl sites for hydroxylation is 2. The van der Waals surface area contributed by atoms with Gasteiger partial charge in [0.05, 0.1) is 10.6 Å². The average Bonchev–Trinajstić information content (AvgIpc) is 3.06. The van der Waals surface area contributed by atoms with Crippen molar-refractivity contribution in [3.05, 3.63) is 79.4 Å². The monoisotopic (exact) mass is 444 g/mol. The summed E-state index contributed by atoms with van der Waals surface area (Å²) in [5.41, 5.74) is 2.19. The minimum absolute atomic E-state index is 0. The summed E-state index contributed by atoms with van der Waals surface area (Å²) in [7, 11) is 0. The molecule has 0 spiro atoms. The maximum Gasteiger partial charge on any atom is 0.269 e. The van der Waals surface area contributed by atoms with Crippen molar-refractivity contribution in [3.8, 4) is 5.95 Å². The van der Waals surface area contributed by atoms with Gasteiger partial charge in [-0.2, -0.15) is 9.78 Å². The first-order valence-corrected chi connectivity index (χ1v) is 9.19. The second-order valence-corrected chi connectivity index (χ2v) is 6.56. The van der Waals surface area contributed by atoms with E-state index >= 15 is 0 Å². The van der Waals surface area contributed by atoms with Crippen molar-refractivity contribution in [1.29, 1.82) is 0 Å². The Morgan fingerprint density at radius 3 is 2.55 bits per heavy atom. The molecular weight excluding hydrogens is 424 g/mol. The van der Waals surface area contributed by atoms with Gasteiger partial charge in [0.1, 0.15) is 5.82 Å². The quantitative estimate of drug-likeness (QED) is 0.340. The van der Waals surface area contributed by atoms with Crippen molar-refractivity contribution in [3.63, 3.8) is 0 Å². The molecule has 0 saturated heterocycles. The second-order valence-electron chi connectivity index (χ2n) is 6.56. The molecule has 2 aromatic heterocycles. The van der Waals surface area contributed by atoms with Crippen LogP contribution in [-0.2, 0) is 11.2 Å². The van der Waals surface area contributed by atoms with E-state index in [1.165, 1.54) is 29.0 Å². The number of amides is 1. The van der Waals surface area contributed by atoms with Crippen LogP contribution in [0.3, 0.4) is 0 Å². The summed E-state index contributed by atoms with van der Waals surface area (Å²) >= 11 is 0. The highest BCUT2D eigenvalue weighted by Gasteiger charge is 2.14. The van der Waals surface area contributed by atoms with E-state index < -0.39 is 10.8 Å². The lowest BCUT2D eigenvalue weighted by Crippen LogP contribution is -2.21. The minimum atomic E-state index is -0.489. The Kier molecular flexibility index (Phi) is 7.43. The molecule has 0 aliphatic rings. The largest absolute Gasteiger partial charge is 0.307 e. The van der Waals surface area contributed by atoms with E-state index in [1.54, 1.807) is 32.0 Å². The molecule has 11 heteroatoms. The first-order valence-electron chi connectivity index (χ1n) is 9.19. The van der Waals surface area contributed by atoms with Crippen LogP contribution < -0.4 is 10.9 Å². The molecule has 1 aromatic carbocycles. The molecule has 0 atom stereocenters. The smallest absolute Gasteiger partial charge is 0.269 e. The highest BCUT2D eigenvalue weighted by Crippen LogP contribution is 2.16. The molecule has 3 aromatic rings. The van der Waals surface area contributed by atoms with Crippen molar-refractivity contribution in [2.45, 2.75) is 27.2 Å². The predicted molar refractivity (Wildman–Crippen MR) is 119 cm³/mol. The average molecular weight is 445 g/mol. The minimum Gasteiger partial charge on any atom is -0.307 e. The van der Waals surface area contributed by atoms with Crippen molar-refractivity contribution in [2.24, 2.45) is 0 Å². The molecular formula is C20H21ClN6O4. The summed E-state index contributed by atoms with van der Waals surface area (Å²) in [5.74, 6) is 0.119. The van der Waals surface area contributed by atoms with Crippen LogP contribution in [0, 0.1) is 24.0 Å². The summed E-state index contributed by atoms with van der Waals surface area (Å²) in [6.45, 7) is 5.38. The zero-order chi connectivity index (χ0) is 21.8. The molecule has 0 unspecified atom stereocenters. The van der Waals surface area contributed by atoms with Crippen LogP contribution in [0.25, 0.3) is 12.0 Å². The number of non-ortho nitro benzene ring substituents is 1. The first-order chi connectivity index (χ1) is 14.3. The van der Waals surface area contributed by atoms with E-state index in [0.29, 0.717) is 34.8 Å². The third kappa shape index (κ3) is 5.43. The Labute approximate surface area is 183 Å². The number of halogens is 1. The summed E-state index contributed by atoms with van der Waals surface area (Å²) < 4.78 is 1.36. The number of nitro groups is 1. The van der Waals surface area contributed by atoms with E-state index in [4.69, 9.17) is 0 Å². The van der Waals surface area contributed by atoms with Crippen LogP contribution in [0.4, 0.5) is 11.5 Å². The predicted octanol–water partition coefficient (Wildman–Crippen LogP) is 3.12. The molecule has 0 aliphatic carbocycles. The van der Waals surface area contributed by atoms with Crippen molar-refractivity contribution >= 4 is 35.9 Å². The lowest BCUT2D eigenvalue weighted by atomic mass is 10.2. The Bertz CT molecular complexity index is 1200. The van der Waals surface area contributed by atoms with Crippen LogP contribution in [0.15, 0.2) is 41.2 Å². The zero-order valence-corrected chi connectivity index (χ0v) is 17.9. The number of carbonyl (C=O) groups is 1. The number of H-pyrrole nitrogens is 1. The van der Waals surface area contributed by atoms with Gasteiger partial charge in [-0.3, -0.25) is 24.7 Å². The van der Waals surface area contributed by atoms with Crippen LogP contribution in [0.1, 0.15) is 29.4 Å². The van der Waals surface area contributed by atoms with Gasteiger partial charge in [0.15, 0.2) is 0 Å². The SMILES string of the molecule is CCc1c(C)nc(-n2nc(C)cc2NC(=O)C=Cc2ccc([N+](=O)[O-])cc2)[nH]c1=O.Cl. The molecule has 0 saturated carbocycles. The molecule has 10 nitrogen and oxygen atoms in total. The van der Waals surface area contributed by atoms with E-state index in [0.717, 1.165) is 0 Å². The van der Waals surface area contributed by atoms with Gasteiger partial charge in [0.2, 0.25) is 11.9 Å². The van der Waals surface area contributed by atoms with Gasteiger partial charge in [-0.1, -0.05) is 6.92 Å². The molecule has 162 valence electrons. The Balaban J connectivity index is 0.00000341. The normalized spacial score (nSPS) is 10.7. The molecule has 0 aliphatic heterocycles. The van der Waals surface area contributed by atoms with E-state index in [-0.39, 0.29) is 29.6 Å². The number of rotatable bonds is 6. The highest BCUT2D eigenvalue weighted by molar-refractivity contribution is 6.01. The van der Waals surface area contributed by atoms with Crippen LogP contribution >= 0.6 is 12.4 Å². The van der Waals surface area contributed by atoms with Crippen molar-refractivity contribution in [2.75, 3.05) is 5.32 Å². The zero-order valence-electron chi connectivity index (χ0n) is 17.1. The maximum absolute atomic E-state index is 12.3. The third-order valence-corrected chi connectivity index (χ3v) is 4.38. The lowest BCUT2D eigenvalue weighted by Gasteiger charge is -2.09. The molecule has 31 heavy (non-hydrogen) atoms. The summed E-state index contributed by atoms with van der Waals surface area (Å²) in [4.78, 5) is 41.9. The van der Waals surface area contributed by atoms with Gasteiger partial charge < -0.3 is 5.32 Å². The van der Waals surface area contributed by atoms with E-state index in [2.05, 4.69) is 20.4 Å². The third-order valence-electron chi connectivity index (χ3n) is 4.38. The Hall–Kier alpha value is -3.79. The van der Waals surface area contributed by atoms with Crippen LogP contribution in [-0.4, -0.2) is 30.6 Å². The van der Waals surface area contributed by atoms with Gasteiger partial charge in [-0.15, -0.1) is 12.4 Å². The van der Waals surface area contributed by atoms with Crippen molar-refractivity contribution < 1.29 is 9.72 Å². The number of hydrogen-bond acceptors (Lipinski definition) is 6. The van der Waals surface area contributed by atoms with Gasteiger partial charge in [-0.25, -0.2) is 4.98 Å². The number of aromatic nitrogens is 4. The summed E-state index contributed by atoms with van der Waals surface area (Å²) in [5, 5.41) is 17.7. The second kappa shape index (κ2) is 9.81. The number of benzene rings is 1. The number of carbonyl (C=O) groups excluding carboxylic acids is 1. The number of aromatic amines is 1. The van der Waals surface area contributed by atoms with Crippen LogP contribution in [0.5, 0.6) is 0 Å². The van der Waals surface area contributed by atoms with Gasteiger partial charge in [0.25, 0.3) is 11.2 Å². The summed E-state index contributed by atoms with van der Waals surface area (Å²) in [6, 6.07) is 7.47. The fourth-order valence-corrected chi connectivity index (χ4v) is 2.91. The summed E-state index contributed by atoms with van der Waals surface area (Å²) in [6.07, 6.45) is 3.39. The number of hydrogen-bond donors (Lipinski definition) is 2. The highest BCUT2D eigenvalue weighted by atomic mass is 35.5. The van der Waals surface area contributed by atoms with E-state index in [1.807, 2.05) is 6.92 Å². The first kappa shape index (κ1) is 23.5. The van der Waals surface area contributed by atoms with E-state index in [9.17, 15) is 19.7 Å². The Morgan fingerprint density at radius 1 is 1.29 bits per heavy atom. The number of anilines is 1. The maximum atomic E-state index is 12.3. The Morgan fingerprint density at radius 2 is 1.97 bits per heavy atom. The molecule has 1 amide bonds. The van der Waals surface area contributed by atoms with Gasteiger partial charge >= 0.3 is 0 Å². The molecule has 3 rings (SSSR count). The number of nitrogens with zero attached hydrogens (tertiary/aromatic N) is 4. The molecule has 2 heterocycles. The molecule has 0 bridgehead atoms. The standard InChI is InChI=1S/C20H20N6O4.ClH/c1-4-16-13(3)21-20(23-19(16)28)25-17(11-12(2)24-25)22-18(27)10-7-14-5-8-15(9-6-14)26(29)30;/h5-11H,4H2,1-3H3,(H,22,27)(H,21,23,28);1H. The van der Waals surface area contributed by atoms with Crippen LogP contribution in [0.2, 0.25) is 0 Å². The molecule has 0 radical (unpaired) electrons. The molecule has 0 fully saturated rings. The number of nitro benzene ring substituents is 1. The lowest BCUT2D eigenvalue weighted by molar-refractivity contribution is -0.384. The molecule has 2 N–H and O–H groups in total. The van der Waals surface area contributed by atoms with Gasteiger partial charge in [-0.05, 0) is 44.0 Å². The van der Waals surface area contributed by atoms with Crippen molar-refractivity contribution in [1.82, 2.24) is 19.7 Å². The topological polar surface area (TPSA) is 136 Å². The van der Waals surface area contributed by atoms with Gasteiger partial charge in [0, 0.05) is 35.5 Å². The fraction of sp³-hybridized carbons (Fsp3) is 0.200. The fourth-order valence-electron chi connectivity index (χ4n) is 2.91. The number of nitrogens with one attached hydrogen (secondary N) is 2.